The summed E-state index contributed by atoms with van der Waals surface area (Å²) < 4.78 is 2.11. The number of hydrogen-bond acceptors (Lipinski definition) is 1. The number of aryl methyl sites for hydroxylation is 1. The van der Waals surface area contributed by atoms with Crippen LogP contribution in [0, 0.1) is 0 Å². The fourth-order valence-corrected chi connectivity index (χ4v) is 6.02. The molecule has 1 aromatic heterocycles. The van der Waals surface area contributed by atoms with Gasteiger partial charge in [-0.3, -0.25) is 0 Å². The summed E-state index contributed by atoms with van der Waals surface area (Å²) in [5, 5.41) is 1.60. The molecule has 0 unspecified atom stereocenters. The van der Waals surface area contributed by atoms with Crippen LogP contribution in [0.1, 0.15) is 32.8 Å². The number of nitrogens with zero attached hydrogens (tertiary/aromatic N) is 1. The summed E-state index contributed by atoms with van der Waals surface area (Å²) in [6.45, 7) is 11.6. The normalized spacial score (nSPS) is 14.3. The summed E-state index contributed by atoms with van der Waals surface area (Å²) in [6, 6.07) is 2.19. The minimum absolute atomic E-state index is 0. The van der Waals surface area contributed by atoms with Gasteiger partial charge in [0.05, 0.1) is 0 Å². The fourth-order valence-electron chi connectivity index (χ4n) is 2.85. The Balaban J connectivity index is 0. The molecule has 1 aliphatic rings. The summed E-state index contributed by atoms with van der Waals surface area (Å²) in [7, 11) is 0.552. The van der Waals surface area contributed by atoms with Crippen molar-refractivity contribution in [3.63, 3.8) is 0 Å². The van der Waals surface area contributed by atoms with Crippen LogP contribution in [-0.4, -0.2) is 18.3 Å². The number of rotatable bonds is 3. The molecule has 6 heteroatoms. The number of halogens is 2. The van der Waals surface area contributed by atoms with Crippen molar-refractivity contribution in [1.82, 2.24) is 9.55 Å². The topological polar surface area (TPSA) is 17.0 Å². The molecule has 0 amide bonds. The van der Waals surface area contributed by atoms with Crippen molar-refractivity contribution in [1.29, 1.82) is 0 Å². The van der Waals surface area contributed by atoms with E-state index in [2.05, 4.69) is 81.1 Å². The van der Waals surface area contributed by atoms with Crippen LogP contribution in [0.3, 0.4) is 0 Å². The molecule has 0 saturated carbocycles. The maximum atomic E-state index is 3.85. The minimum Gasteiger partial charge on any atom is -1.00 e. The van der Waals surface area contributed by atoms with Gasteiger partial charge in [0.25, 0.3) is 0 Å². The average Bonchev–Trinajstić information content (AvgIpc) is 2.81. The smallest absolute Gasteiger partial charge is 1.00 e. The third kappa shape index (κ3) is 6.39. The molecule has 2 nitrogen and oxygen atoms in total. The van der Waals surface area contributed by atoms with Gasteiger partial charge in [-0.05, 0) is 44.4 Å². The molecule has 22 heavy (non-hydrogen) atoms. The number of nitrogens with one attached hydrogen (secondary N) is 1. The summed E-state index contributed by atoms with van der Waals surface area (Å²) in [4.78, 5) is 3.85. The van der Waals surface area contributed by atoms with Gasteiger partial charge in [-0.2, -0.15) is 0 Å². The maximum absolute atomic E-state index is 3.85. The number of aromatic nitrogens is 1. The molecule has 0 aliphatic heterocycles. The number of hydrogen-bond donors (Lipinski definition) is 1. The van der Waals surface area contributed by atoms with Crippen LogP contribution >= 0.6 is 0 Å². The second kappa shape index (κ2) is 8.91. The zero-order valence-corrected chi connectivity index (χ0v) is 18.4. The van der Waals surface area contributed by atoms with Crippen LogP contribution in [0.15, 0.2) is 35.8 Å². The Kier molecular flexibility index (Phi) is 9.91. The van der Waals surface area contributed by atoms with Crippen LogP contribution in [0.5, 0.6) is 0 Å². The van der Waals surface area contributed by atoms with Crippen molar-refractivity contribution in [3.8, 4) is 0 Å². The average molecular weight is 393 g/mol. The zero-order valence-electron chi connectivity index (χ0n) is 14.3. The summed E-state index contributed by atoms with van der Waals surface area (Å²) in [5.41, 5.74) is 2.90. The second-order valence-corrected chi connectivity index (χ2v) is 11.2. The molecule has 1 N–H and O–H groups in total. The first kappa shape index (κ1) is 24.5. The first-order valence-corrected chi connectivity index (χ1v) is 10.0. The first-order valence-electron chi connectivity index (χ1n) is 7.00. The molecular weight excluding hydrogens is 367 g/mol. The minimum atomic E-state index is -1.52. The van der Waals surface area contributed by atoms with Crippen LogP contribution in [0.25, 0.3) is 5.57 Å². The monoisotopic (exact) mass is 392 g/mol. The van der Waals surface area contributed by atoms with Crippen molar-refractivity contribution >= 4 is 13.8 Å². The van der Waals surface area contributed by atoms with Gasteiger partial charge in [0.15, 0.2) is 0 Å². The van der Waals surface area contributed by atoms with Crippen molar-refractivity contribution in [2.45, 2.75) is 45.8 Å². The predicted molar refractivity (Wildman–Crippen MR) is 86.5 cm³/mol. The van der Waals surface area contributed by atoms with Gasteiger partial charge in [0, 0.05) is 25.0 Å². The van der Waals surface area contributed by atoms with Crippen molar-refractivity contribution in [2.24, 2.45) is 7.05 Å². The van der Waals surface area contributed by atoms with Crippen LogP contribution in [0.4, 0.5) is 0 Å². The maximum Gasteiger partial charge on any atom is 2.00 e. The third-order valence-corrected chi connectivity index (χ3v) is 6.86. The van der Waals surface area contributed by atoms with E-state index in [0.717, 1.165) is 6.42 Å². The predicted octanol–water partition coefficient (Wildman–Crippen LogP) is -2.12. The molecule has 0 aromatic carbocycles. The fraction of sp³-hybridized carbons (Fsp3) is 0.500. The quantitative estimate of drug-likeness (QED) is 0.582. The Hall–Kier alpha value is 0.231. The van der Waals surface area contributed by atoms with E-state index in [9.17, 15) is 0 Å². The van der Waals surface area contributed by atoms with E-state index < -0.39 is 8.24 Å². The Morgan fingerprint density at radius 2 is 1.77 bits per heavy atom. The van der Waals surface area contributed by atoms with Crippen molar-refractivity contribution in [2.75, 3.05) is 0 Å². The van der Waals surface area contributed by atoms with E-state index in [-0.39, 0.29) is 52.1 Å². The van der Waals surface area contributed by atoms with Gasteiger partial charge >= 0.3 is 21.7 Å². The third-order valence-electron chi connectivity index (χ3n) is 3.53. The zero-order chi connectivity index (χ0) is 14.3. The molecule has 1 aromatic rings. The van der Waals surface area contributed by atoms with Crippen LogP contribution in [-0.2, 0) is 28.8 Å². The van der Waals surface area contributed by atoms with Gasteiger partial charge in [-0.1, -0.05) is 30.4 Å². The van der Waals surface area contributed by atoms with E-state index in [1.54, 1.807) is 5.20 Å². The largest absolute Gasteiger partial charge is 2.00 e. The first-order chi connectivity index (χ1) is 8.67. The summed E-state index contributed by atoms with van der Waals surface area (Å²) in [6.07, 6.45) is 10.2. The molecule has 1 aliphatic carbocycles. The van der Waals surface area contributed by atoms with Crippen molar-refractivity contribution < 1.29 is 46.5 Å². The molecule has 0 spiro atoms. The van der Waals surface area contributed by atoms with Gasteiger partial charge in [0.1, 0.15) is 8.24 Å². The molecule has 122 valence electrons. The second-order valence-electron chi connectivity index (χ2n) is 7.10. The Labute approximate surface area is 163 Å². The molecule has 0 saturated heterocycles. The van der Waals surface area contributed by atoms with Gasteiger partial charge in [0.2, 0.25) is 0 Å². The van der Waals surface area contributed by atoms with E-state index >= 15 is 0 Å². The van der Waals surface area contributed by atoms with Gasteiger partial charge in [-0.25, -0.2) is 0 Å². The SMILES string of the molecule is Cn1ccc(C2=CCC([Si](C)(C)NC(C)(C)C)=C2)c1.[Cl-].[Cl-].[Ti+2]. The van der Waals surface area contributed by atoms with Gasteiger partial charge in [-0.15, -0.1) is 0 Å². The van der Waals surface area contributed by atoms with E-state index in [4.69, 9.17) is 0 Å². The molecule has 0 atom stereocenters. The molecule has 2 rings (SSSR count). The Bertz CT molecular complexity index is 543. The Morgan fingerprint density at radius 1 is 1.18 bits per heavy atom. The Morgan fingerprint density at radius 3 is 2.23 bits per heavy atom. The van der Waals surface area contributed by atoms with Crippen LogP contribution < -0.4 is 29.8 Å². The standard InChI is InChI=1S/C16H26N2Si.2ClH.Ti/c1-16(2,3)17-19(5,6)15-8-7-13(11-15)14-9-10-18(4)12-14;;;/h7,9-12,17H,8H2,1-6H3;2*1H;/q;;;+2/p-2. The van der Waals surface area contributed by atoms with E-state index in [0.29, 0.717) is 0 Å². The van der Waals surface area contributed by atoms with E-state index in [1.807, 2.05) is 0 Å². The van der Waals surface area contributed by atoms with Crippen LogP contribution in [0.2, 0.25) is 13.1 Å². The van der Waals surface area contributed by atoms with Crippen molar-refractivity contribution in [3.05, 3.63) is 41.4 Å². The molecular formula is C16H26Cl2N2SiTi. The molecule has 1 heterocycles. The summed E-state index contributed by atoms with van der Waals surface area (Å²) in [5.74, 6) is 0. The summed E-state index contributed by atoms with van der Waals surface area (Å²) >= 11 is 0. The molecule has 0 fully saturated rings. The number of allylic oxidation sites excluding steroid dienone is 4. The molecule has 0 bridgehead atoms. The van der Waals surface area contributed by atoms with Gasteiger partial charge < -0.3 is 34.4 Å². The van der Waals surface area contributed by atoms with E-state index in [1.165, 1.54) is 11.1 Å². The molecule has 0 radical (unpaired) electrons.